The highest BCUT2D eigenvalue weighted by molar-refractivity contribution is 6.71. The van der Waals surface area contributed by atoms with E-state index in [1.54, 1.807) is 0 Å². The number of rotatable bonds is 23. The molecule has 0 rings (SSSR count). The van der Waals surface area contributed by atoms with Gasteiger partial charge in [-0.05, 0) is 135 Å². The molecular formula is C28H63N3OSi. The van der Waals surface area contributed by atoms with Crippen LogP contribution in [-0.4, -0.2) is 88.5 Å². The fraction of sp³-hybridized carbons (Fsp3) is 1.00. The van der Waals surface area contributed by atoms with Crippen LogP contribution < -0.4 is 0 Å². The number of hydrogen-bond donors (Lipinski definition) is 0. The van der Waals surface area contributed by atoms with Crippen molar-refractivity contribution in [1.82, 2.24) is 14.7 Å². The van der Waals surface area contributed by atoms with Gasteiger partial charge < -0.3 is 19.1 Å². The summed E-state index contributed by atoms with van der Waals surface area (Å²) in [4.78, 5) is 8.06. The first kappa shape index (κ1) is 33.1. The van der Waals surface area contributed by atoms with Gasteiger partial charge >= 0.3 is 0 Å². The van der Waals surface area contributed by atoms with E-state index in [0.717, 1.165) is 6.61 Å². The molecule has 0 aromatic heterocycles. The van der Waals surface area contributed by atoms with Gasteiger partial charge in [-0.25, -0.2) is 0 Å². The van der Waals surface area contributed by atoms with Gasteiger partial charge in [-0.15, -0.1) is 0 Å². The third-order valence-electron chi connectivity index (χ3n) is 7.63. The van der Waals surface area contributed by atoms with Crippen LogP contribution in [0.3, 0.4) is 0 Å². The molecule has 0 amide bonds. The minimum atomic E-state index is -1.59. The third-order valence-corrected chi connectivity index (χ3v) is 10.2. The number of nitrogens with zero attached hydrogens (tertiary/aromatic N) is 3. The van der Waals surface area contributed by atoms with E-state index >= 15 is 0 Å². The summed E-state index contributed by atoms with van der Waals surface area (Å²) in [5.41, 5.74) is 0.421. The molecule has 0 aliphatic rings. The summed E-state index contributed by atoms with van der Waals surface area (Å²) < 4.78 is 6.29. The molecule has 0 saturated heterocycles. The normalized spacial score (nSPS) is 13.1. The van der Waals surface area contributed by atoms with E-state index < -0.39 is 8.32 Å². The predicted molar refractivity (Wildman–Crippen MR) is 152 cm³/mol. The fourth-order valence-corrected chi connectivity index (χ4v) is 7.26. The van der Waals surface area contributed by atoms with Crippen molar-refractivity contribution in [2.24, 2.45) is 5.41 Å². The van der Waals surface area contributed by atoms with Crippen LogP contribution in [0.2, 0.25) is 19.1 Å². The largest absolute Gasteiger partial charge is 0.418 e. The molecule has 0 saturated carbocycles. The first-order valence-electron chi connectivity index (χ1n) is 14.6. The Morgan fingerprint density at radius 1 is 0.545 bits per heavy atom. The Morgan fingerprint density at radius 2 is 0.909 bits per heavy atom. The fourth-order valence-electron chi connectivity index (χ4n) is 5.20. The van der Waals surface area contributed by atoms with Gasteiger partial charge in [0.05, 0.1) is 0 Å². The number of hydrogen-bond acceptors (Lipinski definition) is 4. The maximum atomic E-state index is 6.29. The topological polar surface area (TPSA) is 19.0 Å². The van der Waals surface area contributed by atoms with Crippen molar-refractivity contribution in [1.29, 1.82) is 0 Å². The maximum Gasteiger partial charge on any atom is 0.186 e. The quantitative estimate of drug-likeness (QED) is 0.145. The van der Waals surface area contributed by atoms with Crippen LogP contribution >= 0.6 is 0 Å². The van der Waals surface area contributed by atoms with Crippen LogP contribution in [0.1, 0.15) is 93.4 Å². The lowest BCUT2D eigenvalue weighted by Gasteiger charge is -2.40. The van der Waals surface area contributed by atoms with Crippen molar-refractivity contribution in [3.05, 3.63) is 0 Å². The van der Waals surface area contributed by atoms with E-state index in [0.29, 0.717) is 5.41 Å². The lowest BCUT2D eigenvalue weighted by atomic mass is 9.75. The zero-order valence-corrected chi connectivity index (χ0v) is 25.5. The molecule has 0 N–H and O–H groups in total. The molecule has 0 unspecified atom stereocenters. The van der Waals surface area contributed by atoms with Gasteiger partial charge in [-0.1, -0.05) is 41.5 Å². The van der Waals surface area contributed by atoms with Crippen LogP contribution in [0.25, 0.3) is 0 Å². The second-order valence-electron chi connectivity index (χ2n) is 10.7. The van der Waals surface area contributed by atoms with Gasteiger partial charge in [-0.3, -0.25) is 0 Å². The van der Waals surface area contributed by atoms with Gasteiger partial charge in [0.15, 0.2) is 8.32 Å². The summed E-state index contributed by atoms with van der Waals surface area (Å²) in [5, 5.41) is 0. The summed E-state index contributed by atoms with van der Waals surface area (Å²) in [6.45, 7) is 32.9. The van der Waals surface area contributed by atoms with Crippen LogP contribution in [0, 0.1) is 5.41 Å². The molecular weight excluding hydrogens is 422 g/mol. The summed E-state index contributed by atoms with van der Waals surface area (Å²) >= 11 is 0. The van der Waals surface area contributed by atoms with Crippen molar-refractivity contribution in [2.75, 3.05) is 65.5 Å². The van der Waals surface area contributed by atoms with Gasteiger partial charge in [0.25, 0.3) is 0 Å². The van der Waals surface area contributed by atoms with Gasteiger partial charge in [0, 0.05) is 6.61 Å². The van der Waals surface area contributed by atoms with Gasteiger partial charge in [0.1, 0.15) is 0 Å². The standard InChI is InChI=1S/C28H63N3OSi/c1-10-21-29(13-4)24-17-28(18-25-30(14-5)22-11-2,19-26-31(15-6)23-12-3)20-27-33(8,9)32-16-7/h10-27H2,1-9H3. The highest BCUT2D eigenvalue weighted by atomic mass is 28.4. The van der Waals surface area contributed by atoms with Crippen LogP contribution in [-0.2, 0) is 4.43 Å². The van der Waals surface area contributed by atoms with E-state index in [-0.39, 0.29) is 0 Å². The molecule has 0 atom stereocenters. The van der Waals surface area contributed by atoms with E-state index in [4.69, 9.17) is 4.43 Å². The van der Waals surface area contributed by atoms with Gasteiger partial charge in [0.2, 0.25) is 0 Å². The molecule has 0 radical (unpaired) electrons. The molecule has 0 aromatic rings. The maximum absolute atomic E-state index is 6.29. The zero-order chi connectivity index (χ0) is 25.2. The minimum absolute atomic E-state index is 0.421. The Labute approximate surface area is 210 Å². The Bertz CT molecular complexity index is 401. The summed E-state index contributed by atoms with van der Waals surface area (Å²) in [6, 6.07) is 1.29. The molecule has 0 fully saturated rings. The minimum Gasteiger partial charge on any atom is -0.418 e. The molecule has 5 heteroatoms. The van der Waals surface area contributed by atoms with E-state index in [1.165, 1.54) is 110 Å². The zero-order valence-electron chi connectivity index (χ0n) is 24.5. The van der Waals surface area contributed by atoms with E-state index in [2.05, 4.69) is 76.3 Å². The SMILES string of the molecule is CCCN(CC)CCC(CCN(CC)CCC)(CCN(CC)CCC)CC[Si](C)(C)OCC. The Balaban J connectivity index is 5.73. The van der Waals surface area contributed by atoms with Crippen LogP contribution in [0.5, 0.6) is 0 Å². The summed E-state index contributed by atoms with van der Waals surface area (Å²) in [7, 11) is -1.59. The Hall–Kier alpha value is 0.0569. The third kappa shape index (κ3) is 14.9. The highest BCUT2D eigenvalue weighted by Crippen LogP contribution is 2.39. The van der Waals surface area contributed by atoms with Crippen molar-refractivity contribution < 1.29 is 4.43 Å². The second-order valence-corrected chi connectivity index (χ2v) is 15.1. The molecule has 4 nitrogen and oxygen atoms in total. The van der Waals surface area contributed by atoms with Crippen molar-refractivity contribution in [2.45, 2.75) is 113 Å². The first-order valence-corrected chi connectivity index (χ1v) is 17.7. The van der Waals surface area contributed by atoms with Crippen molar-refractivity contribution in [3.63, 3.8) is 0 Å². The molecule has 0 aliphatic heterocycles. The lowest BCUT2D eigenvalue weighted by molar-refractivity contribution is 0.118. The average molecular weight is 486 g/mol. The van der Waals surface area contributed by atoms with E-state index in [9.17, 15) is 0 Å². The molecule has 200 valence electrons. The molecule has 0 aliphatic carbocycles. The second kappa shape index (κ2) is 19.3. The Morgan fingerprint density at radius 3 is 1.18 bits per heavy atom. The van der Waals surface area contributed by atoms with Crippen molar-refractivity contribution >= 4 is 8.32 Å². The summed E-state index contributed by atoms with van der Waals surface area (Å²) in [6.07, 6.45) is 9.12. The van der Waals surface area contributed by atoms with Crippen molar-refractivity contribution in [3.8, 4) is 0 Å². The Kier molecular flexibility index (Phi) is 19.3. The lowest BCUT2D eigenvalue weighted by Crippen LogP contribution is -2.40. The predicted octanol–water partition coefficient (Wildman–Crippen LogP) is 6.97. The first-order chi connectivity index (χ1) is 15.7. The van der Waals surface area contributed by atoms with Crippen LogP contribution in [0.4, 0.5) is 0 Å². The molecule has 0 heterocycles. The van der Waals surface area contributed by atoms with Crippen LogP contribution in [0.15, 0.2) is 0 Å². The molecule has 0 spiro atoms. The smallest absolute Gasteiger partial charge is 0.186 e. The summed E-state index contributed by atoms with van der Waals surface area (Å²) in [5.74, 6) is 0. The molecule has 33 heavy (non-hydrogen) atoms. The van der Waals surface area contributed by atoms with Gasteiger partial charge in [-0.2, -0.15) is 0 Å². The molecule has 0 aromatic carbocycles. The van der Waals surface area contributed by atoms with E-state index in [1.807, 2.05) is 0 Å². The highest BCUT2D eigenvalue weighted by Gasteiger charge is 2.34. The monoisotopic (exact) mass is 485 g/mol. The average Bonchev–Trinajstić information content (AvgIpc) is 2.80. The molecule has 0 bridgehead atoms.